The van der Waals surface area contributed by atoms with Gasteiger partial charge in [-0.05, 0) is 40.9 Å². The van der Waals surface area contributed by atoms with Gasteiger partial charge in [-0.2, -0.15) is 0 Å². The minimum absolute atomic E-state index is 0.280. The molecule has 0 aliphatic carbocycles. The maximum Gasteiger partial charge on any atom is 0.338 e. The molecule has 0 saturated heterocycles. The number of halogens is 1. The van der Waals surface area contributed by atoms with E-state index in [4.69, 9.17) is 0 Å². The Kier molecular flexibility index (Phi) is 5.17. The van der Waals surface area contributed by atoms with E-state index in [1.165, 1.54) is 0 Å². The quantitative estimate of drug-likeness (QED) is 0.761. The fourth-order valence-electron chi connectivity index (χ4n) is 1.95. The number of benzene rings is 1. The molecule has 0 radical (unpaired) electrons. The third-order valence-corrected chi connectivity index (χ3v) is 3.61. The third kappa shape index (κ3) is 3.84. The van der Waals surface area contributed by atoms with E-state index in [2.05, 4.69) is 26.2 Å². The van der Waals surface area contributed by atoms with Gasteiger partial charge in [0.05, 0.1) is 11.9 Å². The molecule has 1 aromatic carbocycles. The summed E-state index contributed by atoms with van der Waals surface area (Å²) in [4.78, 5) is 15.2. The molecule has 1 aromatic heterocycles. The number of carbonyl (C=O) groups is 1. The van der Waals surface area contributed by atoms with Gasteiger partial charge in [-0.15, -0.1) is 0 Å². The van der Waals surface area contributed by atoms with E-state index in [-0.39, 0.29) is 5.56 Å². The Morgan fingerprint density at radius 2 is 2.25 bits per heavy atom. The largest absolute Gasteiger partial charge is 0.478 e. The number of unbranched alkanes of at least 4 members (excludes halogenated alkanes) is 1. The molecule has 0 aliphatic rings. The van der Waals surface area contributed by atoms with Gasteiger partial charge >= 0.3 is 5.97 Å². The predicted molar refractivity (Wildman–Crippen MR) is 81.1 cm³/mol. The number of aromatic carboxylic acids is 1. The topological polar surface area (TPSA) is 67.2 Å². The average Bonchev–Trinajstić information content (AvgIpc) is 2.91. The first-order valence-corrected chi connectivity index (χ1v) is 7.19. The first kappa shape index (κ1) is 14.6. The fraction of sp³-hybridized carbons (Fsp3) is 0.286. The number of carboxylic acids is 1. The molecule has 2 N–H and O–H groups in total. The highest BCUT2D eigenvalue weighted by atomic mass is 79.9. The van der Waals surface area contributed by atoms with Crippen LogP contribution in [0.15, 0.2) is 41.4 Å². The summed E-state index contributed by atoms with van der Waals surface area (Å²) in [5.74, 6) is -0.932. The molecule has 1 heterocycles. The minimum atomic E-state index is -0.932. The van der Waals surface area contributed by atoms with Gasteiger partial charge in [0.1, 0.15) is 0 Å². The fourth-order valence-corrected chi connectivity index (χ4v) is 2.49. The molecule has 2 rings (SSSR count). The van der Waals surface area contributed by atoms with E-state index in [0.717, 1.165) is 25.9 Å². The van der Waals surface area contributed by atoms with Crippen molar-refractivity contribution >= 4 is 27.6 Å². The van der Waals surface area contributed by atoms with E-state index in [1.54, 1.807) is 24.7 Å². The van der Waals surface area contributed by atoms with Crippen LogP contribution in [0, 0.1) is 0 Å². The highest BCUT2D eigenvalue weighted by Gasteiger charge is 2.13. The Bertz CT molecular complexity index is 570. The van der Waals surface area contributed by atoms with Crippen LogP contribution in [-0.4, -0.2) is 27.2 Å². The van der Waals surface area contributed by atoms with E-state index in [0.29, 0.717) is 10.2 Å². The summed E-state index contributed by atoms with van der Waals surface area (Å²) in [5.41, 5.74) is 0.927. The van der Waals surface area contributed by atoms with Crippen molar-refractivity contribution in [1.82, 2.24) is 9.55 Å². The monoisotopic (exact) mass is 337 g/mol. The van der Waals surface area contributed by atoms with Crippen LogP contribution in [-0.2, 0) is 6.54 Å². The second-order valence-electron chi connectivity index (χ2n) is 4.40. The summed E-state index contributed by atoms with van der Waals surface area (Å²) in [6, 6.07) is 5.34. The number of nitrogens with one attached hydrogen (secondary N) is 1. The maximum atomic E-state index is 11.2. The zero-order valence-corrected chi connectivity index (χ0v) is 12.5. The highest BCUT2D eigenvalue weighted by Crippen LogP contribution is 2.24. The van der Waals surface area contributed by atoms with Gasteiger partial charge in [0.15, 0.2) is 0 Å². The molecule has 2 aromatic rings. The van der Waals surface area contributed by atoms with Gasteiger partial charge in [0.25, 0.3) is 0 Å². The summed E-state index contributed by atoms with van der Waals surface area (Å²) in [6.07, 6.45) is 7.47. The van der Waals surface area contributed by atoms with Gasteiger partial charge in [0, 0.05) is 35.6 Å². The van der Waals surface area contributed by atoms with Crippen molar-refractivity contribution in [2.24, 2.45) is 0 Å². The van der Waals surface area contributed by atoms with Crippen LogP contribution < -0.4 is 5.32 Å². The number of imidazole rings is 1. The second-order valence-corrected chi connectivity index (χ2v) is 5.26. The molecule has 0 aliphatic heterocycles. The number of hydrogen-bond acceptors (Lipinski definition) is 3. The van der Waals surface area contributed by atoms with Crippen molar-refractivity contribution in [3.8, 4) is 0 Å². The molecule has 106 valence electrons. The zero-order valence-electron chi connectivity index (χ0n) is 10.9. The third-order valence-electron chi connectivity index (χ3n) is 2.95. The Morgan fingerprint density at radius 1 is 1.40 bits per heavy atom. The van der Waals surface area contributed by atoms with Crippen molar-refractivity contribution in [1.29, 1.82) is 0 Å². The van der Waals surface area contributed by atoms with E-state index >= 15 is 0 Å². The number of aromatic nitrogens is 2. The molecule has 6 heteroatoms. The Labute approximate surface area is 125 Å². The molecule has 0 spiro atoms. The standard InChI is InChI=1S/C14H16BrN3O2/c15-11-4-3-5-12(13(11)14(19)20)17-6-1-2-8-18-9-7-16-10-18/h3-5,7,9-10,17H,1-2,6,8H2,(H,19,20). The number of rotatable bonds is 7. The lowest BCUT2D eigenvalue weighted by Gasteiger charge is -2.10. The zero-order chi connectivity index (χ0) is 14.4. The maximum absolute atomic E-state index is 11.2. The first-order valence-electron chi connectivity index (χ1n) is 6.40. The SMILES string of the molecule is O=C(O)c1c(Br)cccc1NCCCCn1ccnc1. The van der Waals surface area contributed by atoms with Crippen molar-refractivity contribution in [2.45, 2.75) is 19.4 Å². The number of hydrogen-bond donors (Lipinski definition) is 2. The smallest absolute Gasteiger partial charge is 0.338 e. The van der Waals surface area contributed by atoms with Crippen molar-refractivity contribution < 1.29 is 9.90 Å². The van der Waals surface area contributed by atoms with Gasteiger partial charge in [-0.1, -0.05) is 6.07 Å². The Morgan fingerprint density at radius 3 is 2.95 bits per heavy atom. The normalized spacial score (nSPS) is 10.4. The molecular weight excluding hydrogens is 322 g/mol. The molecule has 0 atom stereocenters. The van der Waals surface area contributed by atoms with Gasteiger partial charge in [0.2, 0.25) is 0 Å². The second kappa shape index (κ2) is 7.09. The summed E-state index contributed by atoms with van der Waals surface area (Å²) in [7, 11) is 0. The van der Waals surface area contributed by atoms with Gasteiger partial charge < -0.3 is 15.0 Å². The van der Waals surface area contributed by atoms with E-state index < -0.39 is 5.97 Å². The molecule has 0 fully saturated rings. The van der Waals surface area contributed by atoms with E-state index in [9.17, 15) is 9.90 Å². The summed E-state index contributed by atoms with van der Waals surface area (Å²) >= 11 is 3.27. The van der Waals surface area contributed by atoms with Crippen LogP contribution in [0.2, 0.25) is 0 Å². The lowest BCUT2D eigenvalue weighted by atomic mass is 10.1. The van der Waals surface area contributed by atoms with Crippen LogP contribution in [0.4, 0.5) is 5.69 Å². The van der Waals surface area contributed by atoms with Crippen LogP contribution in [0.1, 0.15) is 23.2 Å². The number of carboxylic acid groups (broad SMARTS) is 1. The summed E-state index contributed by atoms with van der Waals surface area (Å²) < 4.78 is 2.62. The number of aryl methyl sites for hydroxylation is 1. The first-order chi connectivity index (χ1) is 9.68. The highest BCUT2D eigenvalue weighted by molar-refractivity contribution is 9.10. The minimum Gasteiger partial charge on any atom is -0.478 e. The summed E-state index contributed by atoms with van der Waals surface area (Å²) in [6.45, 7) is 1.66. The Balaban J connectivity index is 1.82. The van der Waals surface area contributed by atoms with Crippen LogP contribution in [0.3, 0.4) is 0 Å². The molecule has 0 saturated carbocycles. The van der Waals surface area contributed by atoms with E-state index in [1.807, 2.05) is 16.8 Å². The summed E-state index contributed by atoms with van der Waals surface area (Å²) in [5, 5.41) is 12.4. The predicted octanol–water partition coefficient (Wildman–Crippen LogP) is 3.24. The lowest BCUT2D eigenvalue weighted by molar-refractivity contribution is 0.0697. The lowest BCUT2D eigenvalue weighted by Crippen LogP contribution is -2.09. The van der Waals surface area contributed by atoms with Crippen molar-refractivity contribution in [3.63, 3.8) is 0 Å². The molecule has 0 unspecified atom stereocenters. The molecular formula is C14H16BrN3O2. The molecule has 20 heavy (non-hydrogen) atoms. The number of anilines is 1. The molecule has 0 amide bonds. The molecule has 0 bridgehead atoms. The molecule has 5 nitrogen and oxygen atoms in total. The number of nitrogens with zero attached hydrogens (tertiary/aromatic N) is 2. The average molecular weight is 338 g/mol. The van der Waals surface area contributed by atoms with Crippen molar-refractivity contribution in [3.05, 3.63) is 47.0 Å². The van der Waals surface area contributed by atoms with Crippen LogP contribution in [0.25, 0.3) is 0 Å². The van der Waals surface area contributed by atoms with Crippen LogP contribution >= 0.6 is 15.9 Å². The van der Waals surface area contributed by atoms with Crippen molar-refractivity contribution in [2.75, 3.05) is 11.9 Å². The van der Waals surface area contributed by atoms with Gasteiger partial charge in [-0.3, -0.25) is 0 Å². The Hall–Kier alpha value is -1.82. The van der Waals surface area contributed by atoms with Gasteiger partial charge in [-0.25, -0.2) is 9.78 Å². The van der Waals surface area contributed by atoms with Crippen LogP contribution in [0.5, 0.6) is 0 Å².